The number of carbonyl (C=O) groups is 1. The van der Waals surface area contributed by atoms with E-state index >= 15 is 0 Å². The van der Waals surface area contributed by atoms with E-state index in [0.717, 1.165) is 38.8 Å². The molecule has 0 spiro atoms. The maximum Gasteiger partial charge on any atom is 0.237 e. The Morgan fingerprint density at radius 1 is 1.31 bits per heavy atom. The highest BCUT2D eigenvalue weighted by molar-refractivity contribution is 7.88. The Morgan fingerprint density at radius 3 is 2.31 bits per heavy atom. The molecular formula is C10H18N2O3S. The smallest absolute Gasteiger partial charge is 0.237 e. The highest BCUT2D eigenvalue weighted by Crippen LogP contribution is 2.28. The Labute approximate surface area is 96.5 Å². The van der Waals surface area contributed by atoms with E-state index in [1.807, 2.05) is 0 Å². The molecule has 16 heavy (non-hydrogen) atoms. The SMILES string of the molecule is CS(=O)(=O)N(CC(=O)N1CCCC1)C1CC1. The van der Waals surface area contributed by atoms with E-state index in [1.54, 1.807) is 4.90 Å². The average Bonchev–Trinajstić information content (AvgIpc) is 2.85. The van der Waals surface area contributed by atoms with E-state index < -0.39 is 10.0 Å². The number of nitrogens with zero attached hydrogens (tertiary/aromatic N) is 2. The predicted molar refractivity (Wildman–Crippen MR) is 60.4 cm³/mol. The van der Waals surface area contributed by atoms with Gasteiger partial charge in [-0.3, -0.25) is 4.79 Å². The van der Waals surface area contributed by atoms with Crippen molar-refractivity contribution in [3.8, 4) is 0 Å². The highest BCUT2D eigenvalue weighted by Gasteiger charge is 2.37. The molecule has 0 aromatic carbocycles. The number of hydrogen-bond donors (Lipinski definition) is 0. The molecule has 5 nitrogen and oxygen atoms in total. The lowest BCUT2D eigenvalue weighted by Gasteiger charge is -2.22. The van der Waals surface area contributed by atoms with Crippen LogP contribution in [0.15, 0.2) is 0 Å². The summed E-state index contributed by atoms with van der Waals surface area (Å²) in [5.74, 6) is -0.0465. The molecule has 1 aliphatic carbocycles. The zero-order valence-corrected chi connectivity index (χ0v) is 10.4. The van der Waals surface area contributed by atoms with E-state index in [9.17, 15) is 13.2 Å². The van der Waals surface area contributed by atoms with Crippen LogP contribution in [0.3, 0.4) is 0 Å². The molecule has 6 heteroatoms. The lowest BCUT2D eigenvalue weighted by Crippen LogP contribution is -2.42. The average molecular weight is 246 g/mol. The molecule has 1 saturated carbocycles. The maximum atomic E-state index is 11.9. The zero-order chi connectivity index (χ0) is 11.8. The summed E-state index contributed by atoms with van der Waals surface area (Å²) in [4.78, 5) is 13.6. The molecule has 0 bridgehead atoms. The van der Waals surface area contributed by atoms with Crippen molar-refractivity contribution in [3.63, 3.8) is 0 Å². The number of rotatable bonds is 4. The lowest BCUT2D eigenvalue weighted by molar-refractivity contribution is -0.130. The normalized spacial score (nSPS) is 21.8. The first kappa shape index (κ1) is 11.9. The third-order valence-electron chi connectivity index (χ3n) is 3.13. The van der Waals surface area contributed by atoms with Crippen molar-refractivity contribution in [2.45, 2.75) is 31.7 Å². The van der Waals surface area contributed by atoms with E-state index in [-0.39, 0.29) is 18.5 Å². The van der Waals surface area contributed by atoms with Gasteiger partial charge in [-0.1, -0.05) is 0 Å². The van der Waals surface area contributed by atoms with Gasteiger partial charge in [0.2, 0.25) is 15.9 Å². The van der Waals surface area contributed by atoms with Crippen molar-refractivity contribution in [1.29, 1.82) is 0 Å². The molecule has 1 saturated heterocycles. The Hall–Kier alpha value is -0.620. The summed E-state index contributed by atoms with van der Waals surface area (Å²) in [5.41, 5.74) is 0. The molecule has 0 aromatic rings. The standard InChI is InChI=1S/C10H18N2O3S/c1-16(14,15)12(9-4-5-9)8-10(13)11-6-2-3-7-11/h9H,2-8H2,1H3. The zero-order valence-electron chi connectivity index (χ0n) is 9.55. The Morgan fingerprint density at radius 2 is 1.88 bits per heavy atom. The molecule has 1 amide bonds. The van der Waals surface area contributed by atoms with Crippen LogP contribution in [0.25, 0.3) is 0 Å². The molecule has 0 atom stereocenters. The summed E-state index contributed by atoms with van der Waals surface area (Å²) in [6.45, 7) is 1.59. The van der Waals surface area contributed by atoms with Gasteiger partial charge in [-0.05, 0) is 25.7 Å². The summed E-state index contributed by atoms with van der Waals surface area (Å²) in [6, 6.07) is 0.0709. The molecule has 0 aromatic heterocycles. The van der Waals surface area contributed by atoms with Gasteiger partial charge in [-0.25, -0.2) is 8.42 Å². The summed E-state index contributed by atoms with van der Waals surface area (Å²) >= 11 is 0. The third-order valence-corrected chi connectivity index (χ3v) is 4.41. The number of hydrogen-bond acceptors (Lipinski definition) is 3. The van der Waals surface area contributed by atoms with Crippen molar-refractivity contribution < 1.29 is 13.2 Å². The maximum absolute atomic E-state index is 11.9. The largest absolute Gasteiger partial charge is 0.342 e. The fourth-order valence-corrected chi connectivity index (χ4v) is 3.18. The summed E-state index contributed by atoms with van der Waals surface area (Å²) in [5, 5.41) is 0. The fraction of sp³-hybridized carbons (Fsp3) is 0.900. The second-order valence-electron chi connectivity index (χ2n) is 4.63. The van der Waals surface area contributed by atoms with Gasteiger partial charge in [0, 0.05) is 19.1 Å². The molecular weight excluding hydrogens is 228 g/mol. The predicted octanol–water partition coefficient (Wildman–Crippen LogP) is 0.0328. The molecule has 0 N–H and O–H groups in total. The van der Waals surface area contributed by atoms with E-state index in [4.69, 9.17) is 0 Å². The second kappa shape index (κ2) is 4.33. The van der Waals surface area contributed by atoms with Crippen LogP contribution in [-0.2, 0) is 14.8 Å². The van der Waals surface area contributed by atoms with E-state index in [0.29, 0.717) is 0 Å². The van der Waals surface area contributed by atoms with Gasteiger partial charge in [-0.2, -0.15) is 4.31 Å². The van der Waals surface area contributed by atoms with Crippen LogP contribution in [0, 0.1) is 0 Å². The lowest BCUT2D eigenvalue weighted by atomic mass is 10.4. The molecule has 1 aliphatic heterocycles. The first-order valence-electron chi connectivity index (χ1n) is 5.73. The first-order valence-corrected chi connectivity index (χ1v) is 7.58. The minimum atomic E-state index is -3.24. The molecule has 2 rings (SSSR count). The van der Waals surface area contributed by atoms with Crippen LogP contribution in [0.5, 0.6) is 0 Å². The number of likely N-dealkylation sites (tertiary alicyclic amines) is 1. The van der Waals surface area contributed by atoms with Gasteiger partial charge in [0.1, 0.15) is 0 Å². The van der Waals surface area contributed by atoms with Crippen LogP contribution in [0.2, 0.25) is 0 Å². The Bertz CT molecular complexity index is 370. The van der Waals surface area contributed by atoms with Crippen LogP contribution >= 0.6 is 0 Å². The van der Waals surface area contributed by atoms with Gasteiger partial charge < -0.3 is 4.90 Å². The molecule has 0 radical (unpaired) electrons. The fourth-order valence-electron chi connectivity index (χ4n) is 2.08. The van der Waals surface area contributed by atoms with Crippen LogP contribution in [0.4, 0.5) is 0 Å². The van der Waals surface area contributed by atoms with Crippen molar-refractivity contribution in [2.24, 2.45) is 0 Å². The van der Waals surface area contributed by atoms with Gasteiger partial charge >= 0.3 is 0 Å². The van der Waals surface area contributed by atoms with Crippen molar-refractivity contribution in [2.75, 3.05) is 25.9 Å². The molecule has 2 fully saturated rings. The summed E-state index contributed by atoms with van der Waals surface area (Å²) < 4.78 is 24.4. The highest BCUT2D eigenvalue weighted by atomic mass is 32.2. The van der Waals surface area contributed by atoms with Crippen molar-refractivity contribution in [1.82, 2.24) is 9.21 Å². The van der Waals surface area contributed by atoms with Gasteiger partial charge in [0.05, 0.1) is 12.8 Å². The molecule has 92 valence electrons. The minimum Gasteiger partial charge on any atom is -0.342 e. The minimum absolute atomic E-state index is 0.0312. The van der Waals surface area contributed by atoms with E-state index in [1.165, 1.54) is 10.6 Å². The van der Waals surface area contributed by atoms with Gasteiger partial charge in [-0.15, -0.1) is 0 Å². The van der Waals surface area contributed by atoms with Gasteiger partial charge in [0.25, 0.3) is 0 Å². The van der Waals surface area contributed by atoms with Gasteiger partial charge in [0.15, 0.2) is 0 Å². The number of carbonyl (C=O) groups excluding carboxylic acids is 1. The van der Waals surface area contributed by atoms with Crippen molar-refractivity contribution >= 4 is 15.9 Å². The first-order chi connectivity index (χ1) is 7.48. The third kappa shape index (κ3) is 2.74. The molecule has 1 heterocycles. The summed E-state index contributed by atoms with van der Waals surface area (Å²) in [7, 11) is -3.24. The Balaban J connectivity index is 1.97. The number of amides is 1. The topological polar surface area (TPSA) is 57.7 Å². The number of sulfonamides is 1. The van der Waals surface area contributed by atoms with Crippen LogP contribution in [-0.4, -0.2) is 55.5 Å². The molecule has 2 aliphatic rings. The summed E-state index contributed by atoms with van der Waals surface area (Å²) in [6.07, 6.45) is 5.03. The van der Waals surface area contributed by atoms with Crippen LogP contribution < -0.4 is 0 Å². The second-order valence-corrected chi connectivity index (χ2v) is 6.56. The quantitative estimate of drug-likeness (QED) is 0.703. The Kier molecular flexibility index (Phi) is 3.21. The van der Waals surface area contributed by atoms with Crippen LogP contribution in [0.1, 0.15) is 25.7 Å². The molecule has 0 unspecified atom stereocenters. The van der Waals surface area contributed by atoms with Crippen molar-refractivity contribution in [3.05, 3.63) is 0 Å². The monoisotopic (exact) mass is 246 g/mol. The van der Waals surface area contributed by atoms with E-state index in [2.05, 4.69) is 0 Å².